The Balaban J connectivity index is 2.05. The van der Waals surface area contributed by atoms with Gasteiger partial charge in [0, 0.05) is 24.2 Å². The number of hydrogen-bond donors (Lipinski definition) is 2. The van der Waals surface area contributed by atoms with E-state index in [4.69, 9.17) is 18.0 Å². The van der Waals surface area contributed by atoms with Crippen LogP contribution < -0.4 is 5.73 Å². The summed E-state index contributed by atoms with van der Waals surface area (Å²) in [7, 11) is 0. The van der Waals surface area contributed by atoms with E-state index in [1.165, 1.54) is 6.07 Å². The first-order valence-corrected chi connectivity index (χ1v) is 6.87. The molecule has 3 N–H and O–H groups in total. The molecule has 1 saturated heterocycles. The Morgan fingerprint density at radius 3 is 2.89 bits per heavy atom. The standard InChI is InChI=1S/C14H19FN2OS/c1-9-4-5-17(8-13(9)18)7-11-3-2-10(14(16)19)6-12(11)15/h2-3,6,9,13,18H,4-5,7-8H2,1H3,(H2,16,19). The van der Waals surface area contributed by atoms with E-state index in [1.807, 2.05) is 6.92 Å². The molecule has 0 amide bonds. The summed E-state index contributed by atoms with van der Waals surface area (Å²) in [6.45, 7) is 4.03. The van der Waals surface area contributed by atoms with Crippen molar-refractivity contribution in [3.63, 3.8) is 0 Å². The van der Waals surface area contributed by atoms with Crippen molar-refractivity contribution in [3.8, 4) is 0 Å². The summed E-state index contributed by atoms with van der Waals surface area (Å²) < 4.78 is 13.9. The summed E-state index contributed by atoms with van der Waals surface area (Å²) in [4.78, 5) is 2.27. The normalized spacial score (nSPS) is 24.4. The molecular formula is C14H19FN2OS. The molecule has 1 aliphatic rings. The van der Waals surface area contributed by atoms with Crippen LogP contribution in [0.1, 0.15) is 24.5 Å². The van der Waals surface area contributed by atoms with Gasteiger partial charge in [-0.2, -0.15) is 0 Å². The number of hydrogen-bond acceptors (Lipinski definition) is 3. The van der Waals surface area contributed by atoms with Crippen LogP contribution in [0.25, 0.3) is 0 Å². The maximum absolute atomic E-state index is 13.9. The van der Waals surface area contributed by atoms with Gasteiger partial charge in [0.15, 0.2) is 0 Å². The topological polar surface area (TPSA) is 49.5 Å². The number of aliphatic hydroxyl groups is 1. The van der Waals surface area contributed by atoms with Crippen LogP contribution in [0.4, 0.5) is 4.39 Å². The molecule has 2 unspecified atom stereocenters. The zero-order valence-electron chi connectivity index (χ0n) is 11.0. The van der Waals surface area contributed by atoms with Crippen LogP contribution >= 0.6 is 12.2 Å². The van der Waals surface area contributed by atoms with Gasteiger partial charge in [0.2, 0.25) is 0 Å². The van der Waals surface area contributed by atoms with Gasteiger partial charge < -0.3 is 10.8 Å². The molecule has 1 heterocycles. The molecule has 1 fully saturated rings. The smallest absolute Gasteiger partial charge is 0.128 e. The molecule has 19 heavy (non-hydrogen) atoms. The quantitative estimate of drug-likeness (QED) is 0.828. The van der Waals surface area contributed by atoms with Gasteiger partial charge in [-0.1, -0.05) is 31.3 Å². The van der Waals surface area contributed by atoms with Gasteiger partial charge in [-0.15, -0.1) is 0 Å². The van der Waals surface area contributed by atoms with E-state index in [-0.39, 0.29) is 16.9 Å². The van der Waals surface area contributed by atoms with Crippen LogP contribution in [0.15, 0.2) is 18.2 Å². The van der Waals surface area contributed by atoms with E-state index in [2.05, 4.69) is 4.90 Å². The summed E-state index contributed by atoms with van der Waals surface area (Å²) >= 11 is 4.82. The molecule has 1 aromatic rings. The number of nitrogens with two attached hydrogens (primary N) is 1. The number of likely N-dealkylation sites (tertiary alicyclic amines) is 1. The minimum absolute atomic E-state index is 0.202. The average Bonchev–Trinajstić information content (AvgIpc) is 2.36. The third-order valence-electron chi connectivity index (χ3n) is 3.73. The number of β-amino-alcohol motifs (C(OH)–C–C–N with tert-alkyl or cyclic N) is 1. The number of aliphatic hydroxyl groups excluding tert-OH is 1. The van der Waals surface area contributed by atoms with Crippen molar-refractivity contribution in [2.45, 2.75) is 26.0 Å². The van der Waals surface area contributed by atoms with Crippen LogP contribution in [0, 0.1) is 11.7 Å². The van der Waals surface area contributed by atoms with Crippen LogP contribution in [0.2, 0.25) is 0 Å². The van der Waals surface area contributed by atoms with E-state index in [1.54, 1.807) is 12.1 Å². The van der Waals surface area contributed by atoms with E-state index in [0.717, 1.165) is 13.0 Å². The molecule has 5 heteroatoms. The molecule has 0 spiro atoms. The number of nitrogens with zero attached hydrogens (tertiary/aromatic N) is 1. The lowest BCUT2D eigenvalue weighted by molar-refractivity contribution is 0.0255. The third kappa shape index (κ3) is 3.49. The summed E-state index contributed by atoms with van der Waals surface area (Å²) in [6.07, 6.45) is 0.612. The summed E-state index contributed by atoms with van der Waals surface area (Å²) in [6, 6.07) is 4.83. The molecule has 0 bridgehead atoms. The molecule has 0 aliphatic carbocycles. The third-order valence-corrected chi connectivity index (χ3v) is 3.97. The summed E-state index contributed by atoms with van der Waals surface area (Å²) in [5.74, 6) is 0.0245. The highest BCUT2D eigenvalue weighted by atomic mass is 32.1. The SMILES string of the molecule is CC1CCN(Cc2ccc(C(N)=S)cc2F)CC1O. The Labute approximate surface area is 118 Å². The number of rotatable bonds is 3. The van der Waals surface area contributed by atoms with Crippen LogP contribution in [0.5, 0.6) is 0 Å². The lowest BCUT2D eigenvalue weighted by Gasteiger charge is -2.34. The summed E-state index contributed by atoms with van der Waals surface area (Å²) in [5.41, 5.74) is 6.63. The van der Waals surface area contributed by atoms with E-state index < -0.39 is 0 Å². The molecular weight excluding hydrogens is 263 g/mol. The van der Waals surface area contributed by atoms with Crippen LogP contribution in [0.3, 0.4) is 0 Å². The van der Waals surface area contributed by atoms with Gasteiger partial charge in [-0.05, 0) is 24.9 Å². The van der Waals surface area contributed by atoms with Crippen LogP contribution in [-0.2, 0) is 6.54 Å². The van der Waals surface area contributed by atoms with Crippen LogP contribution in [-0.4, -0.2) is 34.2 Å². The fourth-order valence-electron chi connectivity index (χ4n) is 2.33. The lowest BCUT2D eigenvalue weighted by atomic mass is 9.95. The first kappa shape index (κ1) is 14.4. The Kier molecular flexibility index (Phi) is 4.50. The molecule has 0 aromatic heterocycles. The van der Waals surface area contributed by atoms with E-state index in [9.17, 15) is 9.50 Å². The van der Waals surface area contributed by atoms with E-state index >= 15 is 0 Å². The van der Waals surface area contributed by atoms with Gasteiger partial charge >= 0.3 is 0 Å². The lowest BCUT2D eigenvalue weighted by Crippen LogP contribution is -2.42. The predicted molar refractivity (Wildman–Crippen MR) is 77.4 cm³/mol. The fraction of sp³-hybridized carbons (Fsp3) is 0.500. The Morgan fingerprint density at radius 2 is 2.32 bits per heavy atom. The molecule has 2 rings (SSSR count). The van der Waals surface area contributed by atoms with Crippen molar-refractivity contribution in [2.24, 2.45) is 11.7 Å². The minimum atomic E-state index is -0.326. The first-order chi connectivity index (χ1) is 8.97. The maximum Gasteiger partial charge on any atom is 0.128 e. The first-order valence-electron chi connectivity index (χ1n) is 6.46. The Hall–Kier alpha value is -1.04. The number of thiocarbonyl (C=S) groups is 1. The second kappa shape index (κ2) is 5.94. The van der Waals surface area contributed by atoms with Crippen molar-refractivity contribution in [1.29, 1.82) is 0 Å². The second-order valence-electron chi connectivity index (χ2n) is 5.24. The van der Waals surface area contributed by atoms with Gasteiger partial charge in [0.05, 0.1) is 6.10 Å². The molecule has 2 atom stereocenters. The molecule has 3 nitrogen and oxygen atoms in total. The predicted octanol–water partition coefficient (Wildman–Crippen LogP) is 1.66. The number of benzene rings is 1. The van der Waals surface area contributed by atoms with Gasteiger partial charge in [0.25, 0.3) is 0 Å². The molecule has 1 aliphatic heterocycles. The molecule has 1 aromatic carbocycles. The summed E-state index contributed by atoms with van der Waals surface area (Å²) in [5, 5.41) is 9.84. The highest BCUT2D eigenvalue weighted by molar-refractivity contribution is 7.80. The zero-order valence-corrected chi connectivity index (χ0v) is 11.8. The number of piperidine rings is 1. The van der Waals surface area contributed by atoms with Gasteiger partial charge in [-0.3, -0.25) is 4.90 Å². The average molecular weight is 282 g/mol. The van der Waals surface area contributed by atoms with Crippen molar-refractivity contribution in [3.05, 3.63) is 35.1 Å². The van der Waals surface area contributed by atoms with Crippen molar-refractivity contribution in [1.82, 2.24) is 4.90 Å². The van der Waals surface area contributed by atoms with Gasteiger partial charge in [-0.25, -0.2) is 4.39 Å². The maximum atomic E-state index is 13.9. The zero-order chi connectivity index (χ0) is 14.0. The van der Waals surface area contributed by atoms with Gasteiger partial charge in [0.1, 0.15) is 10.8 Å². The minimum Gasteiger partial charge on any atom is -0.392 e. The number of halogens is 1. The van der Waals surface area contributed by atoms with Crippen molar-refractivity contribution in [2.75, 3.05) is 13.1 Å². The second-order valence-corrected chi connectivity index (χ2v) is 5.68. The highest BCUT2D eigenvalue weighted by Gasteiger charge is 2.24. The Morgan fingerprint density at radius 1 is 1.58 bits per heavy atom. The largest absolute Gasteiger partial charge is 0.392 e. The molecule has 104 valence electrons. The van der Waals surface area contributed by atoms with Crippen molar-refractivity contribution < 1.29 is 9.50 Å². The van der Waals surface area contributed by atoms with Crippen molar-refractivity contribution >= 4 is 17.2 Å². The molecule has 0 saturated carbocycles. The molecule has 0 radical (unpaired) electrons. The highest BCUT2D eigenvalue weighted by Crippen LogP contribution is 2.20. The monoisotopic (exact) mass is 282 g/mol. The Bertz CT molecular complexity index is 481. The fourth-order valence-corrected chi connectivity index (χ4v) is 2.45. The van der Waals surface area contributed by atoms with E-state index in [0.29, 0.717) is 30.1 Å².